The van der Waals surface area contributed by atoms with Gasteiger partial charge >= 0.3 is 0 Å². The number of thioether (sulfide) groups is 1. The lowest BCUT2D eigenvalue weighted by Crippen LogP contribution is -2.23. The van der Waals surface area contributed by atoms with E-state index in [-0.39, 0.29) is 0 Å². The van der Waals surface area contributed by atoms with Crippen molar-refractivity contribution >= 4 is 38.6 Å². The van der Waals surface area contributed by atoms with Gasteiger partial charge in [0.2, 0.25) is 0 Å². The number of hydrogen-bond donors (Lipinski definition) is 1. The van der Waals surface area contributed by atoms with E-state index < -0.39 is 0 Å². The number of allylic oxidation sites excluding steroid dienone is 1. The molecule has 1 heterocycles. The summed E-state index contributed by atoms with van der Waals surface area (Å²) in [6.45, 7) is 6.19. The molecule has 2 nitrogen and oxygen atoms in total. The molecule has 0 saturated heterocycles. The third-order valence-electron chi connectivity index (χ3n) is 3.45. The Morgan fingerprint density at radius 2 is 1.91 bits per heavy atom. The van der Waals surface area contributed by atoms with Gasteiger partial charge in [0.15, 0.2) is 5.17 Å². The van der Waals surface area contributed by atoms with Crippen LogP contribution in [0.4, 0.5) is 0 Å². The zero-order valence-electron chi connectivity index (χ0n) is 12.8. The summed E-state index contributed by atoms with van der Waals surface area (Å²) in [5, 5.41) is 4.14. The van der Waals surface area contributed by atoms with Gasteiger partial charge in [-0.1, -0.05) is 78.5 Å². The van der Waals surface area contributed by atoms with Crippen molar-refractivity contribution in [1.82, 2.24) is 5.32 Å². The van der Waals surface area contributed by atoms with E-state index in [1.165, 1.54) is 11.1 Å². The normalized spacial score (nSPS) is 14.5. The summed E-state index contributed by atoms with van der Waals surface area (Å²) in [4.78, 5) is 4.76. The van der Waals surface area contributed by atoms with Gasteiger partial charge in [0.25, 0.3) is 0 Å². The maximum Gasteiger partial charge on any atom is 0.166 e. The molecular weight excluding hydrogens is 368 g/mol. The Morgan fingerprint density at radius 3 is 2.65 bits per heavy atom. The highest BCUT2D eigenvalue weighted by atomic mass is 79.9. The van der Waals surface area contributed by atoms with E-state index in [4.69, 9.17) is 4.99 Å². The Morgan fingerprint density at radius 1 is 1.13 bits per heavy atom. The number of nitrogens with zero attached hydrogens (tertiary/aromatic N) is 1. The van der Waals surface area contributed by atoms with Crippen molar-refractivity contribution < 1.29 is 0 Å². The Hall–Kier alpha value is -1.78. The number of nitrogens with one attached hydrogen (secondary N) is 1. The summed E-state index contributed by atoms with van der Waals surface area (Å²) < 4.78 is 0.906. The number of rotatable bonds is 3. The predicted octanol–water partition coefficient (Wildman–Crippen LogP) is 5.46. The van der Waals surface area contributed by atoms with E-state index >= 15 is 0 Å². The van der Waals surface area contributed by atoms with E-state index in [1.54, 1.807) is 11.8 Å². The molecule has 1 aliphatic heterocycles. The molecule has 0 bridgehead atoms. The topological polar surface area (TPSA) is 24.4 Å². The van der Waals surface area contributed by atoms with Crippen LogP contribution in [0, 0.1) is 6.92 Å². The van der Waals surface area contributed by atoms with Crippen molar-refractivity contribution in [2.24, 2.45) is 4.99 Å². The highest BCUT2D eigenvalue weighted by Crippen LogP contribution is 2.32. The van der Waals surface area contributed by atoms with Crippen molar-refractivity contribution in [2.75, 3.05) is 0 Å². The van der Waals surface area contributed by atoms with Crippen LogP contribution in [0.25, 0.3) is 5.70 Å². The van der Waals surface area contributed by atoms with Crippen molar-refractivity contribution in [3.63, 3.8) is 0 Å². The standard InChI is InChI=1S/C19H17BrN2S/c1-13-7-6-8-15(11-13)12-23-19-21-14(2)17(20)18(22-19)16-9-4-3-5-10-16/h3-11H,2,12H2,1H3,(H,21,22). The Bertz CT molecular complexity index is 794. The van der Waals surface area contributed by atoms with Gasteiger partial charge in [-0.25, -0.2) is 4.99 Å². The first-order valence-corrected chi connectivity index (χ1v) is 9.10. The lowest BCUT2D eigenvalue weighted by molar-refractivity contribution is 1.17. The minimum absolute atomic E-state index is 0.839. The molecule has 0 aromatic heterocycles. The van der Waals surface area contributed by atoms with E-state index in [1.807, 2.05) is 18.2 Å². The quantitative estimate of drug-likeness (QED) is 0.758. The van der Waals surface area contributed by atoms with Gasteiger partial charge in [0.05, 0.1) is 10.2 Å². The molecule has 0 fully saturated rings. The van der Waals surface area contributed by atoms with Crippen LogP contribution in [0.3, 0.4) is 0 Å². The lowest BCUT2D eigenvalue weighted by atomic mass is 10.1. The highest BCUT2D eigenvalue weighted by Gasteiger charge is 2.17. The van der Waals surface area contributed by atoms with Crippen molar-refractivity contribution in [2.45, 2.75) is 12.7 Å². The summed E-state index contributed by atoms with van der Waals surface area (Å²) in [6.07, 6.45) is 0. The molecular formula is C19H17BrN2S. The molecule has 2 aromatic carbocycles. The first kappa shape index (κ1) is 16.1. The first-order valence-electron chi connectivity index (χ1n) is 7.32. The third kappa shape index (κ3) is 3.95. The minimum atomic E-state index is 0.839. The molecule has 4 heteroatoms. The van der Waals surface area contributed by atoms with Gasteiger partial charge in [-0.15, -0.1) is 0 Å². The molecule has 0 unspecified atom stereocenters. The SMILES string of the molecule is C=C1NC(SCc2cccc(C)c2)=NC(c2ccccc2)=C1Br. The van der Waals surface area contributed by atoms with E-state index in [0.29, 0.717) is 0 Å². The number of amidine groups is 1. The van der Waals surface area contributed by atoms with Crippen LogP contribution in [-0.2, 0) is 5.75 Å². The lowest BCUT2D eigenvalue weighted by Gasteiger charge is -2.19. The summed E-state index contributed by atoms with van der Waals surface area (Å²) >= 11 is 5.28. The average Bonchev–Trinajstić information content (AvgIpc) is 2.57. The number of hydrogen-bond acceptors (Lipinski definition) is 3. The molecule has 0 saturated carbocycles. The largest absolute Gasteiger partial charge is 0.334 e. The minimum Gasteiger partial charge on any atom is -0.334 e. The molecule has 1 N–H and O–H groups in total. The van der Waals surface area contributed by atoms with Gasteiger partial charge < -0.3 is 5.32 Å². The van der Waals surface area contributed by atoms with Crippen LogP contribution in [0.5, 0.6) is 0 Å². The summed E-state index contributed by atoms with van der Waals surface area (Å²) in [5.74, 6) is 0.875. The molecule has 0 spiro atoms. The van der Waals surface area contributed by atoms with E-state index in [2.05, 4.69) is 71.1 Å². The molecule has 2 aromatic rings. The third-order valence-corrected chi connectivity index (χ3v) is 5.25. The van der Waals surface area contributed by atoms with Crippen molar-refractivity contribution in [3.05, 3.63) is 88.0 Å². The highest BCUT2D eigenvalue weighted by molar-refractivity contribution is 9.12. The van der Waals surface area contributed by atoms with Crippen LogP contribution < -0.4 is 5.32 Å². The second-order valence-electron chi connectivity index (χ2n) is 5.33. The fourth-order valence-electron chi connectivity index (χ4n) is 2.31. The molecule has 116 valence electrons. The maximum absolute atomic E-state index is 4.76. The summed E-state index contributed by atoms with van der Waals surface area (Å²) in [5.41, 5.74) is 5.40. The Balaban J connectivity index is 1.81. The molecule has 23 heavy (non-hydrogen) atoms. The maximum atomic E-state index is 4.76. The van der Waals surface area contributed by atoms with Crippen LogP contribution in [0.1, 0.15) is 16.7 Å². The van der Waals surface area contributed by atoms with Crippen LogP contribution >= 0.6 is 27.7 Å². The molecule has 0 amide bonds. The molecule has 0 radical (unpaired) electrons. The molecule has 0 atom stereocenters. The summed E-state index contributed by atoms with van der Waals surface area (Å²) in [6, 6.07) is 18.7. The molecule has 0 aliphatic carbocycles. The number of aliphatic imine (C=N–C) groups is 1. The average molecular weight is 385 g/mol. The fourth-order valence-corrected chi connectivity index (χ4v) is 3.57. The van der Waals surface area contributed by atoms with Gasteiger partial charge in [-0.2, -0.15) is 0 Å². The monoisotopic (exact) mass is 384 g/mol. The van der Waals surface area contributed by atoms with Crippen LogP contribution in [0.15, 0.2) is 76.3 Å². The number of halogens is 1. The predicted molar refractivity (Wildman–Crippen MR) is 104 cm³/mol. The first-order chi connectivity index (χ1) is 11.1. The zero-order valence-corrected chi connectivity index (χ0v) is 15.2. The number of benzene rings is 2. The second kappa shape index (κ2) is 7.20. The molecule has 3 rings (SSSR count). The molecule has 1 aliphatic rings. The second-order valence-corrected chi connectivity index (χ2v) is 7.08. The van der Waals surface area contributed by atoms with E-state index in [9.17, 15) is 0 Å². The van der Waals surface area contributed by atoms with Crippen LogP contribution in [0.2, 0.25) is 0 Å². The van der Waals surface area contributed by atoms with Gasteiger partial charge in [-0.3, -0.25) is 0 Å². The fraction of sp³-hybridized carbons (Fsp3) is 0.105. The van der Waals surface area contributed by atoms with Gasteiger partial charge in [0, 0.05) is 17.0 Å². The number of aryl methyl sites for hydroxylation is 1. The van der Waals surface area contributed by atoms with Crippen LogP contribution in [-0.4, -0.2) is 5.17 Å². The Kier molecular flexibility index (Phi) is 5.03. The summed E-state index contributed by atoms with van der Waals surface area (Å²) in [7, 11) is 0. The zero-order chi connectivity index (χ0) is 16.2. The van der Waals surface area contributed by atoms with Crippen molar-refractivity contribution in [3.8, 4) is 0 Å². The van der Waals surface area contributed by atoms with Crippen molar-refractivity contribution in [1.29, 1.82) is 0 Å². The van der Waals surface area contributed by atoms with Gasteiger partial charge in [-0.05, 0) is 28.4 Å². The van der Waals surface area contributed by atoms with Gasteiger partial charge in [0.1, 0.15) is 0 Å². The Labute approximate surface area is 149 Å². The smallest absolute Gasteiger partial charge is 0.166 e. The van der Waals surface area contributed by atoms with E-state index in [0.717, 1.165) is 32.4 Å².